The summed E-state index contributed by atoms with van der Waals surface area (Å²) in [5, 5.41) is 2.47. The number of urea groups is 1. The Labute approximate surface area is 117 Å². The third-order valence-corrected chi connectivity index (χ3v) is 3.08. The van der Waals surface area contributed by atoms with Crippen LogP contribution in [0.2, 0.25) is 0 Å². The van der Waals surface area contributed by atoms with E-state index in [0.717, 1.165) is 4.90 Å². The summed E-state index contributed by atoms with van der Waals surface area (Å²) in [6, 6.07) is -1.88. The molecule has 0 aromatic heterocycles. The normalized spacial score (nSPS) is 19.5. The summed E-state index contributed by atoms with van der Waals surface area (Å²) in [4.78, 5) is 36.3. The van der Waals surface area contributed by atoms with E-state index < -0.39 is 24.1 Å². The van der Waals surface area contributed by atoms with Crippen molar-refractivity contribution in [2.24, 2.45) is 5.92 Å². The van der Waals surface area contributed by atoms with E-state index in [1.165, 1.54) is 13.2 Å². The highest BCUT2D eigenvalue weighted by Gasteiger charge is 2.40. The Morgan fingerprint density at radius 3 is 2.75 bits per heavy atom. The fourth-order valence-corrected chi connectivity index (χ4v) is 1.90. The van der Waals surface area contributed by atoms with Crippen molar-refractivity contribution in [3.05, 3.63) is 12.7 Å². The summed E-state index contributed by atoms with van der Waals surface area (Å²) < 4.78 is 9.47. The van der Waals surface area contributed by atoms with E-state index in [1.807, 2.05) is 13.8 Å². The predicted molar refractivity (Wildman–Crippen MR) is 71.0 cm³/mol. The van der Waals surface area contributed by atoms with Crippen LogP contribution in [0.1, 0.15) is 20.3 Å². The van der Waals surface area contributed by atoms with Crippen molar-refractivity contribution in [2.75, 3.05) is 13.7 Å². The number of hydrogen-bond donors (Lipinski definition) is 1. The summed E-state index contributed by atoms with van der Waals surface area (Å²) in [5.41, 5.74) is 0. The van der Waals surface area contributed by atoms with E-state index in [1.54, 1.807) is 0 Å². The fourth-order valence-electron chi connectivity index (χ4n) is 1.90. The summed E-state index contributed by atoms with van der Waals surface area (Å²) in [7, 11) is 1.23. The zero-order valence-corrected chi connectivity index (χ0v) is 11.9. The Hall–Kier alpha value is -2.05. The number of cyclic esters (lactones) is 1. The van der Waals surface area contributed by atoms with Gasteiger partial charge in [0.15, 0.2) is 0 Å². The molecular formula is C13H20N2O5. The van der Waals surface area contributed by atoms with E-state index in [-0.39, 0.29) is 25.0 Å². The van der Waals surface area contributed by atoms with E-state index in [0.29, 0.717) is 0 Å². The molecule has 1 rings (SSSR count). The molecular weight excluding hydrogens is 264 g/mol. The monoisotopic (exact) mass is 284 g/mol. The molecule has 1 N–H and O–H groups in total. The maximum absolute atomic E-state index is 12.1. The Morgan fingerprint density at radius 1 is 1.60 bits per heavy atom. The molecule has 1 heterocycles. The average molecular weight is 284 g/mol. The number of amides is 3. The standard InChI is InChI=1S/C13H20N2O5/c1-5-6-9(11(16)19-4)14-12(17)15-10(8(2)3)7-20-13(15)18/h5,8-10H,1,6-7H2,2-4H3,(H,14,17)/t9-,10-/m1/s1. The lowest BCUT2D eigenvalue weighted by molar-refractivity contribution is -0.142. The molecule has 0 unspecified atom stereocenters. The number of ether oxygens (including phenoxy) is 2. The lowest BCUT2D eigenvalue weighted by Crippen LogP contribution is -2.52. The molecule has 0 aromatic rings. The Kier molecular flexibility index (Phi) is 5.54. The number of hydrogen-bond acceptors (Lipinski definition) is 5. The molecule has 0 radical (unpaired) electrons. The quantitative estimate of drug-likeness (QED) is 0.607. The van der Waals surface area contributed by atoms with Crippen LogP contribution < -0.4 is 5.32 Å². The Bertz CT molecular complexity index is 408. The SMILES string of the molecule is C=CC[C@@H](NC(=O)N1C(=O)OC[C@@H]1C(C)C)C(=O)OC. The molecule has 112 valence electrons. The second-order valence-corrected chi connectivity index (χ2v) is 4.81. The third kappa shape index (κ3) is 3.49. The van der Waals surface area contributed by atoms with Crippen molar-refractivity contribution in [3.63, 3.8) is 0 Å². The van der Waals surface area contributed by atoms with Crippen LogP contribution in [0, 0.1) is 5.92 Å². The highest BCUT2D eigenvalue weighted by atomic mass is 16.6. The van der Waals surface area contributed by atoms with Crippen LogP contribution in [0.25, 0.3) is 0 Å². The number of carbonyl (C=O) groups excluding carboxylic acids is 3. The van der Waals surface area contributed by atoms with Gasteiger partial charge in [0.2, 0.25) is 0 Å². The molecule has 1 fully saturated rings. The first-order valence-corrected chi connectivity index (χ1v) is 6.37. The van der Waals surface area contributed by atoms with Crippen LogP contribution in [-0.4, -0.2) is 48.8 Å². The Balaban J connectivity index is 2.79. The van der Waals surface area contributed by atoms with Gasteiger partial charge < -0.3 is 14.8 Å². The van der Waals surface area contributed by atoms with Gasteiger partial charge in [-0.05, 0) is 12.3 Å². The predicted octanol–water partition coefficient (Wildman–Crippen LogP) is 1.29. The van der Waals surface area contributed by atoms with E-state index >= 15 is 0 Å². The Morgan fingerprint density at radius 2 is 2.25 bits per heavy atom. The third-order valence-electron chi connectivity index (χ3n) is 3.08. The fraction of sp³-hybridized carbons (Fsp3) is 0.615. The summed E-state index contributed by atoms with van der Waals surface area (Å²) in [5.74, 6) is -0.532. The zero-order valence-electron chi connectivity index (χ0n) is 11.9. The van der Waals surface area contributed by atoms with Crippen LogP contribution in [0.5, 0.6) is 0 Å². The molecule has 7 nitrogen and oxygen atoms in total. The highest BCUT2D eigenvalue weighted by Crippen LogP contribution is 2.19. The number of rotatable bonds is 5. The first kappa shape index (κ1) is 16.0. The molecule has 2 atom stereocenters. The molecule has 20 heavy (non-hydrogen) atoms. The van der Waals surface area contributed by atoms with Crippen molar-refractivity contribution in [3.8, 4) is 0 Å². The van der Waals surface area contributed by atoms with Crippen molar-refractivity contribution in [1.29, 1.82) is 0 Å². The summed E-state index contributed by atoms with van der Waals surface area (Å²) in [6.45, 7) is 7.44. The first-order chi connectivity index (χ1) is 9.42. The number of esters is 1. The van der Waals surface area contributed by atoms with Crippen LogP contribution in [-0.2, 0) is 14.3 Å². The molecule has 0 spiro atoms. The molecule has 3 amide bonds. The number of carbonyl (C=O) groups is 3. The molecule has 1 aliphatic rings. The van der Waals surface area contributed by atoms with Crippen LogP contribution in [0.4, 0.5) is 9.59 Å². The largest absolute Gasteiger partial charge is 0.467 e. The van der Waals surface area contributed by atoms with Gasteiger partial charge in [0.1, 0.15) is 12.6 Å². The number of nitrogens with one attached hydrogen (secondary N) is 1. The summed E-state index contributed by atoms with van der Waals surface area (Å²) >= 11 is 0. The van der Waals surface area contributed by atoms with Gasteiger partial charge in [0, 0.05) is 0 Å². The molecule has 0 aromatic carbocycles. The van der Waals surface area contributed by atoms with Crippen molar-refractivity contribution < 1.29 is 23.9 Å². The van der Waals surface area contributed by atoms with Gasteiger partial charge in [-0.25, -0.2) is 19.3 Å². The van der Waals surface area contributed by atoms with Crippen LogP contribution in [0.15, 0.2) is 12.7 Å². The lowest BCUT2D eigenvalue weighted by atomic mass is 10.1. The minimum absolute atomic E-state index is 0.0585. The number of nitrogens with zero attached hydrogens (tertiary/aromatic N) is 1. The molecule has 7 heteroatoms. The molecule has 0 bridgehead atoms. The van der Waals surface area contributed by atoms with Crippen molar-refractivity contribution in [1.82, 2.24) is 10.2 Å². The van der Waals surface area contributed by atoms with E-state index in [9.17, 15) is 14.4 Å². The maximum atomic E-state index is 12.1. The average Bonchev–Trinajstić information content (AvgIpc) is 2.79. The first-order valence-electron chi connectivity index (χ1n) is 6.37. The second kappa shape index (κ2) is 6.93. The molecule has 0 saturated carbocycles. The number of methoxy groups -OCH3 is 1. The van der Waals surface area contributed by atoms with E-state index in [4.69, 9.17) is 4.74 Å². The second-order valence-electron chi connectivity index (χ2n) is 4.81. The van der Waals surface area contributed by atoms with Gasteiger partial charge >= 0.3 is 18.1 Å². The van der Waals surface area contributed by atoms with Crippen LogP contribution in [0.3, 0.4) is 0 Å². The summed E-state index contributed by atoms with van der Waals surface area (Å²) in [6.07, 6.45) is 1.00. The van der Waals surface area contributed by atoms with Crippen molar-refractivity contribution >= 4 is 18.1 Å². The molecule has 0 aliphatic carbocycles. The van der Waals surface area contributed by atoms with Gasteiger partial charge in [-0.3, -0.25) is 0 Å². The maximum Gasteiger partial charge on any atom is 0.418 e. The van der Waals surface area contributed by atoms with Crippen LogP contribution >= 0.6 is 0 Å². The lowest BCUT2D eigenvalue weighted by Gasteiger charge is -2.24. The zero-order chi connectivity index (χ0) is 15.3. The molecule has 1 saturated heterocycles. The molecule has 1 aliphatic heterocycles. The van der Waals surface area contributed by atoms with Gasteiger partial charge in [-0.2, -0.15) is 0 Å². The number of imide groups is 1. The highest BCUT2D eigenvalue weighted by molar-refractivity contribution is 5.94. The van der Waals surface area contributed by atoms with Gasteiger partial charge in [0.25, 0.3) is 0 Å². The smallest absolute Gasteiger partial charge is 0.418 e. The van der Waals surface area contributed by atoms with Crippen molar-refractivity contribution in [2.45, 2.75) is 32.4 Å². The van der Waals surface area contributed by atoms with E-state index in [2.05, 4.69) is 16.6 Å². The van der Waals surface area contributed by atoms with Gasteiger partial charge in [-0.15, -0.1) is 6.58 Å². The topological polar surface area (TPSA) is 84.9 Å². The van der Waals surface area contributed by atoms with Gasteiger partial charge in [0.05, 0.1) is 13.2 Å². The van der Waals surface area contributed by atoms with Gasteiger partial charge in [-0.1, -0.05) is 19.9 Å². The minimum atomic E-state index is -0.869. The minimum Gasteiger partial charge on any atom is -0.467 e.